The Hall–Kier alpha value is -3.60. The second-order valence-corrected chi connectivity index (χ2v) is 7.93. The molecule has 0 atom stereocenters. The van der Waals surface area contributed by atoms with Gasteiger partial charge < -0.3 is 15.0 Å². The van der Waals surface area contributed by atoms with Crippen LogP contribution < -0.4 is 15.6 Å². The SMILES string of the molecule is CCOc1ccc2ccccc2c1C(=O)Nc1ccc2c3c(c(=O)[nH]c2c1)CCCC3. The molecule has 0 radical (unpaired) electrons. The summed E-state index contributed by atoms with van der Waals surface area (Å²) in [5.74, 6) is 0.321. The normalized spacial score (nSPS) is 13.2. The topological polar surface area (TPSA) is 71.2 Å². The molecule has 0 bridgehead atoms. The third kappa shape index (κ3) is 3.46. The Labute approximate surface area is 180 Å². The van der Waals surface area contributed by atoms with E-state index in [4.69, 9.17) is 4.74 Å². The van der Waals surface area contributed by atoms with E-state index < -0.39 is 0 Å². The summed E-state index contributed by atoms with van der Waals surface area (Å²) in [7, 11) is 0. The van der Waals surface area contributed by atoms with Gasteiger partial charge >= 0.3 is 0 Å². The lowest BCUT2D eigenvalue weighted by molar-refractivity contribution is 0.102. The Morgan fingerprint density at radius 2 is 1.81 bits per heavy atom. The van der Waals surface area contributed by atoms with E-state index in [1.54, 1.807) is 0 Å². The first-order valence-electron chi connectivity index (χ1n) is 10.8. The van der Waals surface area contributed by atoms with E-state index >= 15 is 0 Å². The second kappa shape index (κ2) is 7.91. The van der Waals surface area contributed by atoms with Crippen molar-refractivity contribution < 1.29 is 9.53 Å². The predicted octanol–water partition coefficient (Wildman–Crippen LogP) is 5.21. The number of pyridine rings is 1. The first-order chi connectivity index (χ1) is 15.2. The summed E-state index contributed by atoms with van der Waals surface area (Å²) in [5, 5.41) is 5.88. The smallest absolute Gasteiger partial charge is 0.260 e. The van der Waals surface area contributed by atoms with Crippen LogP contribution >= 0.6 is 0 Å². The van der Waals surface area contributed by atoms with Gasteiger partial charge in [-0.15, -0.1) is 0 Å². The number of benzene rings is 3. The van der Waals surface area contributed by atoms with Crippen LogP contribution in [0.1, 0.15) is 41.3 Å². The molecule has 1 aromatic heterocycles. The number of aryl methyl sites for hydroxylation is 1. The van der Waals surface area contributed by atoms with E-state index in [9.17, 15) is 9.59 Å². The first-order valence-corrected chi connectivity index (χ1v) is 10.8. The fraction of sp³-hybridized carbons (Fsp3) is 0.231. The fourth-order valence-corrected chi connectivity index (χ4v) is 4.59. The molecule has 1 aliphatic carbocycles. The molecule has 1 amide bonds. The summed E-state index contributed by atoms with van der Waals surface area (Å²) in [6, 6.07) is 17.3. The minimum Gasteiger partial charge on any atom is -0.493 e. The maximum atomic E-state index is 13.3. The Morgan fingerprint density at radius 3 is 2.65 bits per heavy atom. The molecule has 2 N–H and O–H groups in total. The summed E-state index contributed by atoms with van der Waals surface area (Å²) in [6.07, 6.45) is 3.92. The zero-order chi connectivity index (χ0) is 21.4. The molecule has 156 valence electrons. The van der Waals surface area contributed by atoms with Crippen molar-refractivity contribution >= 4 is 33.3 Å². The summed E-state index contributed by atoms with van der Waals surface area (Å²) >= 11 is 0. The van der Waals surface area contributed by atoms with Crippen molar-refractivity contribution in [2.45, 2.75) is 32.6 Å². The van der Waals surface area contributed by atoms with Crippen molar-refractivity contribution in [3.63, 3.8) is 0 Å². The molecule has 5 nitrogen and oxygen atoms in total. The molecule has 0 spiro atoms. The van der Waals surface area contributed by atoms with E-state index in [1.165, 1.54) is 0 Å². The highest BCUT2D eigenvalue weighted by Gasteiger charge is 2.19. The molecule has 0 aliphatic heterocycles. The minimum absolute atomic E-state index is 0.0154. The molecule has 5 heteroatoms. The fourth-order valence-electron chi connectivity index (χ4n) is 4.59. The lowest BCUT2D eigenvalue weighted by Crippen LogP contribution is -2.19. The van der Waals surface area contributed by atoms with E-state index in [0.29, 0.717) is 23.6 Å². The number of aromatic nitrogens is 1. The Balaban J connectivity index is 1.55. The van der Waals surface area contributed by atoms with Gasteiger partial charge in [0.2, 0.25) is 0 Å². The van der Waals surface area contributed by atoms with Crippen molar-refractivity contribution in [2.75, 3.05) is 11.9 Å². The maximum absolute atomic E-state index is 13.3. The number of carbonyl (C=O) groups is 1. The standard InChI is InChI=1S/C26H24N2O3/c1-2-31-23-14-11-16-7-3-4-8-18(16)24(23)26(30)27-17-12-13-20-19-9-5-6-10-21(19)25(29)28-22(20)15-17/h3-4,7-8,11-15H,2,5-6,9-10H2,1H3,(H,27,30)(H,28,29). The highest BCUT2D eigenvalue weighted by molar-refractivity contribution is 6.15. The number of ether oxygens (including phenoxy) is 1. The zero-order valence-corrected chi connectivity index (χ0v) is 17.5. The molecular formula is C26H24N2O3. The van der Waals surface area contributed by atoms with Gasteiger partial charge in [-0.25, -0.2) is 0 Å². The van der Waals surface area contributed by atoms with Gasteiger partial charge in [0.25, 0.3) is 11.5 Å². The van der Waals surface area contributed by atoms with Gasteiger partial charge in [0.15, 0.2) is 0 Å². The molecule has 0 fully saturated rings. The Morgan fingerprint density at radius 1 is 1.00 bits per heavy atom. The molecule has 0 saturated heterocycles. The number of aromatic amines is 1. The quantitative estimate of drug-likeness (QED) is 0.483. The molecule has 1 heterocycles. The average molecular weight is 412 g/mol. The molecule has 3 aromatic carbocycles. The van der Waals surface area contributed by atoms with E-state index in [2.05, 4.69) is 10.3 Å². The monoisotopic (exact) mass is 412 g/mol. The van der Waals surface area contributed by atoms with E-state index in [0.717, 1.165) is 58.5 Å². The number of carbonyl (C=O) groups excluding carboxylic acids is 1. The van der Waals surface area contributed by atoms with Crippen LogP contribution in [0.2, 0.25) is 0 Å². The summed E-state index contributed by atoms with van der Waals surface area (Å²) < 4.78 is 5.74. The third-order valence-corrected chi connectivity index (χ3v) is 6.01. The van der Waals surface area contributed by atoms with Gasteiger partial charge in [-0.1, -0.05) is 36.4 Å². The van der Waals surface area contributed by atoms with Crippen molar-refractivity contribution in [1.82, 2.24) is 4.98 Å². The Bertz CT molecular complexity index is 1370. The van der Waals surface area contributed by atoms with Crippen molar-refractivity contribution in [3.8, 4) is 5.75 Å². The molecule has 0 saturated carbocycles. The van der Waals surface area contributed by atoms with Gasteiger partial charge in [0, 0.05) is 16.6 Å². The molecular weight excluding hydrogens is 388 g/mol. The van der Waals surface area contributed by atoms with Gasteiger partial charge in [-0.3, -0.25) is 9.59 Å². The van der Waals surface area contributed by atoms with Gasteiger partial charge in [0.05, 0.1) is 17.7 Å². The molecule has 5 rings (SSSR count). The summed E-state index contributed by atoms with van der Waals surface area (Å²) in [6.45, 7) is 2.37. The number of fused-ring (bicyclic) bond motifs is 4. The van der Waals surface area contributed by atoms with Crippen molar-refractivity contribution in [3.05, 3.63) is 81.6 Å². The number of hydrogen-bond acceptors (Lipinski definition) is 3. The number of H-pyrrole nitrogens is 1. The number of hydrogen-bond donors (Lipinski definition) is 2. The van der Waals surface area contributed by atoms with Crippen LogP contribution in [-0.2, 0) is 12.8 Å². The van der Waals surface area contributed by atoms with E-state index in [-0.39, 0.29) is 11.5 Å². The average Bonchev–Trinajstić information content (AvgIpc) is 2.79. The molecule has 31 heavy (non-hydrogen) atoms. The summed E-state index contributed by atoms with van der Waals surface area (Å²) in [4.78, 5) is 28.8. The number of anilines is 1. The van der Waals surface area contributed by atoms with Crippen LogP contribution in [-0.4, -0.2) is 17.5 Å². The zero-order valence-electron chi connectivity index (χ0n) is 17.5. The number of rotatable bonds is 4. The van der Waals surface area contributed by atoms with Crippen molar-refractivity contribution in [2.24, 2.45) is 0 Å². The molecule has 1 aliphatic rings. The second-order valence-electron chi connectivity index (χ2n) is 7.93. The van der Waals surface area contributed by atoms with Crippen LogP contribution in [0.4, 0.5) is 5.69 Å². The lowest BCUT2D eigenvalue weighted by atomic mass is 9.90. The van der Waals surface area contributed by atoms with Crippen LogP contribution in [0, 0.1) is 0 Å². The van der Waals surface area contributed by atoms with Crippen molar-refractivity contribution in [1.29, 1.82) is 0 Å². The van der Waals surface area contributed by atoms with Crippen LogP contribution in [0.3, 0.4) is 0 Å². The van der Waals surface area contributed by atoms with Crippen LogP contribution in [0.5, 0.6) is 5.75 Å². The maximum Gasteiger partial charge on any atom is 0.260 e. The van der Waals surface area contributed by atoms with Crippen LogP contribution in [0.25, 0.3) is 21.7 Å². The van der Waals surface area contributed by atoms with Crippen LogP contribution in [0.15, 0.2) is 59.4 Å². The largest absolute Gasteiger partial charge is 0.493 e. The van der Waals surface area contributed by atoms with Gasteiger partial charge in [0.1, 0.15) is 5.75 Å². The molecule has 4 aromatic rings. The Kier molecular flexibility index (Phi) is 4.94. The minimum atomic E-state index is -0.236. The number of amides is 1. The lowest BCUT2D eigenvalue weighted by Gasteiger charge is -2.18. The number of nitrogens with one attached hydrogen (secondary N) is 2. The third-order valence-electron chi connectivity index (χ3n) is 6.01. The highest BCUT2D eigenvalue weighted by Crippen LogP contribution is 2.30. The first kappa shape index (κ1) is 19.4. The van der Waals surface area contributed by atoms with E-state index in [1.807, 2.05) is 61.5 Å². The van der Waals surface area contributed by atoms with Gasteiger partial charge in [-0.05, 0) is 67.1 Å². The highest BCUT2D eigenvalue weighted by atomic mass is 16.5. The predicted molar refractivity (Wildman–Crippen MR) is 124 cm³/mol. The van der Waals surface area contributed by atoms with Gasteiger partial charge in [-0.2, -0.15) is 0 Å². The molecule has 0 unspecified atom stereocenters. The summed E-state index contributed by atoms with van der Waals surface area (Å²) in [5.41, 5.74) is 3.95.